The smallest absolute Gasteiger partial charge is 0.159 e. The van der Waals surface area contributed by atoms with Gasteiger partial charge in [-0.25, -0.2) is 4.98 Å². The van der Waals surface area contributed by atoms with Crippen LogP contribution in [0.5, 0.6) is 0 Å². The molecule has 1 rings (SSSR count). The van der Waals surface area contributed by atoms with Gasteiger partial charge in [0.2, 0.25) is 0 Å². The molecule has 0 aliphatic carbocycles. The van der Waals surface area contributed by atoms with Crippen LogP contribution in [0.2, 0.25) is 0 Å². The van der Waals surface area contributed by atoms with E-state index in [1.165, 1.54) is 11.3 Å². The molecular weight excluding hydrogens is 236 g/mol. The van der Waals surface area contributed by atoms with Crippen LogP contribution in [0.15, 0.2) is 33.1 Å². The third-order valence-corrected chi connectivity index (χ3v) is 2.59. The van der Waals surface area contributed by atoms with Gasteiger partial charge in [-0.1, -0.05) is 12.7 Å². The van der Waals surface area contributed by atoms with E-state index in [1.807, 2.05) is 5.38 Å². The summed E-state index contributed by atoms with van der Waals surface area (Å²) in [7, 11) is 0. The maximum atomic E-state index is 4.21. The Morgan fingerprint density at radius 3 is 2.92 bits per heavy atom. The predicted octanol–water partition coefficient (Wildman–Crippen LogP) is 3.13. The largest absolute Gasteiger partial charge is 0.272 e. The van der Waals surface area contributed by atoms with E-state index in [2.05, 4.69) is 39.2 Å². The molecule has 0 bridgehead atoms. The van der Waals surface area contributed by atoms with Crippen LogP contribution in [0.1, 0.15) is 5.69 Å². The summed E-state index contributed by atoms with van der Waals surface area (Å²) >= 11 is 4.81. The molecule has 0 N–H and O–H groups in total. The summed E-state index contributed by atoms with van der Waals surface area (Å²) in [6, 6.07) is 0. The summed E-state index contributed by atoms with van der Waals surface area (Å²) in [5.41, 5.74) is 1.75. The zero-order valence-electron chi connectivity index (χ0n) is 6.33. The lowest BCUT2D eigenvalue weighted by atomic mass is 10.2. The van der Waals surface area contributed by atoms with Crippen molar-refractivity contribution < 1.29 is 0 Å². The van der Waals surface area contributed by atoms with E-state index in [1.54, 1.807) is 12.3 Å². The summed E-state index contributed by atoms with van der Waals surface area (Å²) in [5.74, 6) is 0. The Hall–Kier alpha value is -0.740. The SMILES string of the molecule is C=C/C(=C\N=C)c1csc(Br)n1. The van der Waals surface area contributed by atoms with E-state index >= 15 is 0 Å². The molecule has 0 spiro atoms. The van der Waals surface area contributed by atoms with Crippen LogP contribution in [-0.4, -0.2) is 11.7 Å². The standard InChI is InChI=1S/C8H7BrN2S/c1-3-6(4-10-2)7-5-12-8(9)11-7/h3-5H,1-2H2/b6-4+. The molecule has 0 aliphatic heterocycles. The lowest BCUT2D eigenvalue weighted by Crippen LogP contribution is -1.78. The molecule has 12 heavy (non-hydrogen) atoms. The van der Waals surface area contributed by atoms with Gasteiger partial charge < -0.3 is 0 Å². The molecule has 0 atom stereocenters. The normalized spacial score (nSPS) is 11.2. The molecule has 0 amide bonds. The zero-order valence-corrected chi connectivity index (χ0v) is 8.73. The topological polar surface area (TPSA) is 25.2 Å². The quantitative estimate of drug-likeness (QED) is 0.591. The van der Waals surface area contributed by atoms with E-state index in [4.69, 9.17) is 0 Å². The minimum Gasteiger partial charge on any atom is -0.272 e. The average Bonchev–Trinajstić information content (AvgIpc) is 2.47. The second-order valence-corrected chi connectivity index (χ2v) is 4.09. The molecule has 1 aromatic heterocycles. The first-order chi connectivity index (χ1) is 5.77. The van der Waals surface area contributed by atoms with Gasteiger partial charge in [0.15, 0.2) is 3.92 Å². The van der Waals surface area contributed by atoms with Gasteiger partial charge in [-0.05, 0) is 22.6 Å². The number of hydrogen-bond acceptors (Lipinski definition) is 3. The van der Waals surface area contributed by atoms with Crippen LogP contribution in [0.4, 0.5) is 0 Å². The van der Waals surface area contributed by atoms with Gasteiger partial charge in [0.05, 0.1) is 5.69 Å². The molecule has 1 aromatic rings. The number of aliphatic imine (C=N–C) groups is 1. The number of thiazole rings is 1. The van der Waals surface area contributed by atoms with Gasteiger partial charge in [-0.15, -0.1) is 11.3 Å². The van der Waals surface area contributed by atoms with Crippen molar-refractivity contribution in [3.05, 3.63) is 33.8 Å². The molecule has 4 heteroatoms. The Balaban J connectivity index is 3.02. The van der Waals surface area contributed by atoms with E-state index in [-0.39, 0.29) is 0 Å². The molecular formula is C8H7BrN2S. The number of hydrogen-bond donors (Lipinski definition) is 0. The fraction of sp³-hybridized carbons (Fsp3) is 0. The highest BCUT2D eigenvalue weighted by Crippen LogP contribution is 2.22. The monoisotopic (exact) mass is 242 g/mol. The van der Waals surface area contributed by atoms with Crippen LogP contribution in [0.3, 0.4) is 0 Å². The third kappa shape index (κ3) is 2.12. The molecule has 0 aliphatic rings. The number of rotatable bonds is 3. The average molecular weight is 243 g/mol. The molecule has 0 unspecified atom stereocenters. The summed E-state index contributed by atoms with van der Waals surface area (Å²) in [5, 5.41) is 1.93. The van der Waals surface area contributed by atoms with Crippen molar-refractivity contribution in [3.8, 4) is 0 Å². The second-order valence-electron chi connectivity index (χ2n) is 1.96. The Kier molecular flexibility index (Phi) is 3.37. The molecule has 1 heterocycles. The first-order valence-corrected chi connectivity index (χ1v) is 4.85. The first kappa shape index (κ1) is 9.35. The summed E-state index contributed by atoms with van der Waals surface area (Å²) < 4.78 is 0.856. The highest BCUT2D eigenvalue weighted by molar-refractivity contribution is 9.11. The number of allylic oxidation sites excluding steroid dienone is 2. The lowest BCUT2D eigenvalue weighted by Gasteiger charge is -1.91. The number of aromatic nitrogens is 1. The maximum absolute atomic E-state index is 4.21. The van der Waals surface area contributed by atoms with Crippen LogP contribution < -0.4 is 0 Å². The van der Waals surface area contributed by atoms with E-state index in [0.29, 0.717) is 0 Å². The lowest BCUT2D eigenvalue weighted by molar-refractivity contribution is 1.32. The van der Waals surface area contributed by atoms with Gasteiger partial charge >= 0.3 is 0 Å². The highest BCUT2D eigenvalue weighted by Gasteiger charge is 2.01. The fourth-order valence-electron chi connectivity index (χ4n) is 0.706. The van der Waals surface area contributed by atoms with E-state index < -0.39 is 0 Å². The second kappa shape index (κ2) is 4.33. The molecule has 0 saturated carbocycles. The molecule has 0 aromatic carbocycles. The predicted molar refractivity (Wildman–Crippen MR) is 57.5 cm³/mol. The van der Waals surface area contributed by atoms with Crippen LogP contribution >= 0.6 is 27.3 Å². The summed E-state index contributed by atoms with van der Waals surface area (Å²) in [6.07, 6.45) is 3.34. The van der Waals surface area contributed by atoms with Crippen LogP contribution in [0, 0.1) is 0 Å². The van der Waals surface area contributed by atoms with Crippen molar-refractivity contribution in [2.45, 2.75) is 0 Å². The Bertz CT molecular complexity index is 328. The van der Waals surface area contributed by atoms with Crippen molar-refractivity contribution in [2.75, 3.05) is 0 Å². The van der Waals surface area contributed by atoms with Crippen LogP contribution in [-0.2, 0) is 0 Å². The zero-order chi connectivity index (χ0) is 8.97. The van der Waals surface area contributed by atoms with E-state index in [9.17, 15) is 0 Å². The summed E-state index contributed by atoms with van der Waals surface area (Å²) in [6.45, 7) is 7.03. The Labute approximate surface area is 83.5 Å². The third-order valence-electron chi connectivity index (χ3n) is 1.22. The number of nitrogens with zero attached hydrogens (tertiary/aromatic N) is 2. The van der Waals surface area contributed by atoms with Gasteiger partial charge in [-0.2, -0.15) is 0 Å². The molecule has 2 nitrogen and oxygen atoms in total. The molecule has 0 saturated heterocycles. The minimum atomic E-state index is 0.856. The van der Waals surface area contributed by atoms with Crippen molar-refractivity contribution >= 4 is 39.6 Å². The van der Waals surface area contributed by atoms with Crippen molar-refractivity contribution in [2.24, 2.45) is 4.99 Å². The summed E-state index contributed by atoms with van der Waals surface area (Å²) in [4.78, 5) is 7.87. The first-order valence-electron chi connectivity index (χ1n) is 3.17. The number of halogens is 1. The van der Waals surface area contributed by atoms with Gasteiger partial charge in [-0.3, -0.25) is 4.99 Å². The maximum Gasteiger partial charge on any atom is 0.159 e. The van der Waals surface area contributed by atoms with Gasteiger partial charge in [0, 0.05) is 17.2 Å². The molecule has 0 radical (unpaired) electrons. The molecule has 0 fully saturated rings. The van der Waals surface area contributed by atoms with Gasteiger partial charge in [0.1, 0.15) is 0 Å². The Morgan fingerprint density at radius 2 is 2.50 bits per heavy atom. The van der Waals surface area contributed by atoms with E-state index in [0.717, 1.165) is 15.2 Å². The van der Waals surface area contributed by atoms with Crippen LogP contribution in [0.25, 0.3) is 5.57 Å². The van der Waals surface area contributed by atoms with Crippen molar-refractivity contribution in [1.82, 2.24) is 4.98 Å². The highest BCUT2D eigenvalue weighted by atomic mass is 79.9. The Morgan fingerprint density at radius 1 is 1.75 bits per heavy atom. The van der Waals surface area contributed by atoms with Crippen molar-refractivity contribution in [3.63, 3.8) is 0 Å². The fourth-order valence-corrected chi connectivity index (χ4v) is 1.73. The van der Waals surface area contributed by atoms with Crippen molar-refractivity contribution in [1.29, 1.82) is 0 Å². The minimum absolute atomic E-state index is 0.856. The van der Waals surface area contributed by atoms with Gasteiger partial charge in [0.25, 0.3) is 0 Å². The molecule has 62 valence electrons.